The van der Waals surface area contributed by atoms with Crippen molar-refractivity contribution in [3.8, 4) is 11.3 Å². The van der Waals surface area contributed by atoms with Crippen molar-refractivity contribution >= 4 is 22.9 Å². The standard InChI is InChI=1S/C21H18N2O3/c24-10-9-14-3-6-16(7-4-14)22-13-18-17-8-5-15(20-2-1-11-26-20)12-19(17)23-21(18)25/h1-8,11-13,22,24H,9-10H2,(H,23,25)/b18-13+. The highest BCUT2D eigenvalue weighted by atomic mass is 16.3. The molecule has 5 nitrogen and oxygen atoms in total. The predicted molar refractivity (Wildman–Crippen MR) is 102 cm³/mol. The van der Waals surface area contributed by atoms with E-state index in [1.165, 1.54) is 0 Å². The molecule has 0 fully saturated rings. The molecule has 1 aromatic heterocycles. The summed E-state index contributed by atoms with van der Waals surface area (Å²) in [4.78, 5) is 12.3. The van der Waals surface area contributed by atoms with E-state index in [0.29, 0.717) is 12.0 Å². The molecule has 2 aromatic carbocycles. The Hall–Kier alpha value is -3.31. The number of hydrogen-bond acceptors (Lipinski definition) is 4. The topological polar surface area (TPSA) is 74.5 Å². The highest BCUT2D eigenvalue weighted by Crippen LogP contribution is 2.35. The van der Waals surface area contributed by atoms with Crippen LogP contribution in [0.15, 0.2) is 71.5 Å². The van der Waals surface area contributed by atoms with Crippen LogP contribution in [0.1, 0.15) is 11.1 Å². The number of aliphatic hydroxyl groups is 1. The van der Waals surface area contributed by atoms with Gasteiger partial charge in [0.15, 0.2) is 0 Å². The third kappa shape index (κ3) is 3.12. The van der Waals surface area contributed by atoms with Gasteiger partial charge in [0.25, 0.3) is 5.91 Å². The van der Waals surface area contributed by atoms with Gasteiger partial charge in [-0.3, -0.25) is 4.79 Å². The average molecular weight is 346 g/mol. The van der Waals surface area contributed by atoms with Gasteiger partial charge < -0.3 is 20.2 Å². The fourth-order valence-corrected chi connectivity index (χ4v) is 2.99. The number of hydrogen-bond donors (Lipinski definition) is 3. The van der Waals surface area contributed by atoms with Crippen LogP contribution in [0.5, 0.6) is 0 Å². The molecule has 0 aliphatic carbocycles. The van der Waals surface area contributed by atoms with Gasteiger partial charge in [-0.05, 0) is 42.3 Å². The Labute approximate surface area is 151 Å². The summed E-state index contributed by atoms with van der Waals surface area (Å²) < 4.78 is 5.41. The summed E-state index contributed by atoms with van der Waals surface area (Å²) in [6, 6.07) is 17.3. The first kappa shape index (κ1) is 16.2. The second kappa shape index (κ2) is 6.90. The number of amides is 1. The quantitative estimate of drug-likeness (QED) is 0.613. The maximum absolute atomic E-state index is 12.3. The first-order valence-electron chi connectivity index (χ1n) is 8.41. The average Bonchev–Trinajstić information content (AvgIpc) is 3.28. The first-order chi connectivity index (χ1) is 12.7. The van der Waals surface area contributed by atoms with Crippen molar-refractivity contribution in [1.29, 1.82) is 0 Å². The van der Waals surface area contributed by atoms with Crippen LogP contribution in [0.2, 0.25) is 0 Å². The van der Waals surface area contributed by atoms with E-state index in [4.69, 9.17) is 9.52 Å². The summed E-state index contributed by atoms with van der Waals surface area (Å²) in [6.45, 7) is 0.133. The highest BCUT2D eigenvalue weighted by molar-refractivity contribution is 6.31. The van der Waals surface area contributed by atoms with Crippen molar-refractivity contribution in [2.45, 2.75) is 6.42 Å². The third-order valence-corrected chi connectivity index (χ3v) is 4.35. The minimum atomic E-state index is -0.138. The third-order valence-electron chi connectivity index (χ3n) is 4.35. The van der Waals surface area contributed by atoms with Crippen LogP contribution >= 0.6 is 0 Å². The van der Waals surface area contributed by atoms with Crippen molar-refractivity contribution in [1.82, 2.24) is 0 Å². The molecule has 0 saturated heterocycles. The molecule has 26 heavy (non-hydrogen) atoms. The van der Waals surface area contributed by atoms with E-state index in [0.717, 1.165) is 33.8 Å². The molecule has 4 rings (SSSR count). The zero-order valence-corrected chi connectivity index (χ0v) is 14.0. The van der Waals surface area contributed by atoms with Gasteiger partial charge in [-0.25, -0.2) is 0 Å². The number of fused-ring (bicyclic) bond motifs is 1. The van der Waals surface area contributed by atoms with Gasteiger partial charge in [-0.15, -0.1) is 0 Å². The van der Waals surface area contributed by atoms with Gasteiger partial charge in [0.05, 0.1) is 11.8 Å². The molecule has 1 amide bonds. The highest BCUT2D eigenvalue weighted by Gasteiger charge is 2.24. The summed E-state index contributed by atoms with van der Waals surface area (Å²) in [5.74, 6) is 0.626. The van der Waals surface area contributed by atoms with Crippen LogP contribution < -0.4 is 10.6 Å². The van der Waals surface area contributed by atoms with Crippen molar-refractivity contribution in [2.24, 2.45) is 0 Å². The molecule has 0 spiro atoms. The number of rotatable bonds is 5. The lowest BCUT2D eigenvalue weighted by Gasteiger charge is -2.05. The second-order valence-corrected chi connectivity index (χ2v) is 6.06. The van der Waals surface area contributed by atoms with Gasteiger partial charge in [0.1, 0.15) is 5.76 Å². The van der Waals surface area contributed by atoms with Gasteiger partial charge in [-0.1, -0.05) is 24.3 Å². The monoisotopic (exact) mass is 346 g/mol. The molecule has 1 aliphatic heterocycles. The van der Waals surface area contributed by atoms with Crippen molar-refractivity contribution in [3.05, 3.63) is 78.2 Å². The summed E-state index contributed by atoms with van der Waals surface area (Å²) in [6.07, 6.45) is 3.98. The molecule has 0 unspecified atom stereocenters. The minimum Gasteiger partial charge on any atom is -0.464 e. The Balaban J connectivity index is 1.56. The van der Waals surface area contributed by atoms with E-state index in [9.17, 15) is 4.79 Å². The maximum atomic E-state index is 12.3. The zero-order chi connectivity index (χ0) is 17.9. The van der Waals surface area contributed by atoms with E-state index in [2.05, 4.69) is 10.6 Å². The molecule has 2 heterocycles. The second-order valence-electron chi connectivity index (χ2n) is 6.06. The number of anilines is 2. The molecule has 130 valence electrons. The molecular formula is C21H18N2O3. The number of nitrogens with one attached hydrogen (secondary N) is 2. The zero-order valence-electron chi connectivity index (χ0n) is 14.0. The van der Waals surface area contributed by atoms with Crippen molar-refractivity contribution in [2.75, 3.05) is 17.2 Å². The van der Waals surface area contributed by atoms with Crippen molar-refractivity contribution < 1.29 is 14.3 Å². The number of furan rings is 1. The Morgan fingerprint density at radius 1 is 1.12 bits per heavy atom. The number of carbonyl (C=O) groups is 1. The summed E-state index contributed by atoms with van der Waals surface area (Å²) in [5, 5.41) is 15.0. The summed E-state index contributed by atoms with van der Waals surface area (Å²) in [7, 11) is 0. The fraction of sp³-hybridized carbons (Fsp3) is 0.0952. The maximum Gasteiger partial charge on any atom is 0.257 e. The Morgan fingerprint density at radius 2 is 1.96 bits per heavy atom. The SMILES string of the molecule is O=C1Nc2cc(-c3ccco3)ccc2/C1=C\Nc1ccc(CCO)cc1. The number of carbonyl (C=O) groups excluding carboxylic acids is 1. The molecule has 0 saturated carbocycles. The summed E-state index contributed by atoms with van der Waals surface area (Å²) in [5.41, 5.74) is 5.09. The molecule has 0 radical (unpaired) electrons. The largest absolute Gasteiger partial charge is 0.464 e. The van der Waals surface area contributed by atoms with Gasteiger partial charge >= 0.3 is 0 Å². The lowest BCUT2D eigenvalue weighted by molar-refractivity contribution is -0.110. The Bertz CT molecular complexity index is 957. The van der Waals surface area contributed by atoms with Crippen LogP contribution in [0.25, 0.3) is 16.9 Å². The van der Waals surface area contributed by atoms with E-state index in [1.54, 1.807) is 12.5 Å². The molecule has 3 N–H and O–H groups in total. The van der Waals surface area contributed by atoms with E-state index < -0.39 is 0 Å². The first-order valence-corrected chi connectivity index (χ1v) is 8.41. The normalized spacial score (nSPS) is 14.3. The van der Waals surface area contributed by atoms with E-state index in [1.807, 2.05) is 54.6 Å². The van der Waals surface area contributed by atoms with Crippen LogP contribution in [-0.2, 0) is 11.2 Å². The van der Waals surface area contributed by atoms with E-state index in [-0.39, 0.29) is 12.5 Å². The minimum absolute atomic E-state index is 0.133. The van der Waals surface area contributed by atoms with Crippen LogP contribution in [-0.4, -0.2) is 17.6 Å². The Morgan fingerprint density at radius 3 is 2.69 bits per heavy atom. The molecule has 0 bridgehead atoms. The van der Waals surface area contributed by atoms with Crippen LogP contribution in [0.4, 0.5) is 11.4 Å². The smallest absolute Gasteiger partial charge is 0.257 e. The van der Waals surface area contributed by atoms with Gasteiger partial charge in [-0.2, -0.15) is 0 Å². The lowest BCUT2D eigenvalue weighted by atomic mass is 10.0. The number of benzene rings is 2. The van der Waals surface area contributed by atoms with Gasteiger partial charge in [0.2, 0.25) is 0 Å². The molecule has 5 heteroatoms. The molecule has 3 aromatic rings. The number of aliphatic hydroxyl groups excluding tert-OH is 1. The Kier molecular flexibility index (Phi) is 4.29. The molecule has 0 atom stereocenters. The van der Waals surface area contributed by atoms with Gasteiger partial charge in [0, 0.05) is 35.3 Å². The van der Waals surface area contributed by atoms with Crippen LogP contribution in [0.3, 0.4) is 0 Å². The fourth-order valence-electron chi connectivity index (χ4n) is 2.99. The molecule has 1 aliphatic rings. The van der Waals surface area contributed by atoms with Crippen LogP contribution in [0, 0.1) is 0 Å². The summed E-state index contributed by atoms with van der Waals surface area (Å²) >= 11 is 0. The molecular weight excluding hydrogens is 328 g/mol. The van der Waals surface area contributed by atoms with Crippen molar-refractivity contribution in [3.63, 3.8) is 0 Å². The lowest BCUT2D eigenvalue weighted by Crippen LogP contribution is -2.05. The van der Waals surface area contributed by atoms with E-state index >= 15 is 0 Å². The predicted octanol–water partition coefficient (Wildman–Crippen LogP) is 3.89.